The molecule has 0 aliphatic carbocycles. The van der Waals surface area contributed by atoms with Crippen molar-refractivity contribution < 1.29 is 18.7 Å². The van der Waals surface area contributed by atoms with Crippen LogP contribution in [-0.4, -0.2) is 35.5 Å². The van der Waals surface area contributed by atoms with E-state index in [0.717, 1.165) is 4.90 Å². The summed E-state index contributed by atoms with van der Waals surface area (Å²) in [5.74, 6) is -0.520. The molecule has 0 unspecified atom stereocenters. The van der Waals surface area contributed by atoms with Crippen molar-refractivity contribution in [1.82, 2.24) is 5.01 Å². The highest BCUT2D eigenvalue weighted by molar-refractivity contribution is 6.25. The third kappa shape index (κ3) is 3.03. The maximum Gasteiger partial charge on any atom is 0.263 e. The van der Waals surface area contributed by atoms with E-state index in [1.807, 2.05) is 6.92 Å². The predicted molar refractivity (Wildman–Crippen MR) is 94.5 cm³/mol. The maximum atomic E-state index is 13.4. The lowest BCUT2D eigenvalue weighted by Gasteiger charge is -2.20. The van der Waals surface area contributed by atoms with E-state index in [9.17, 15) is 14.0 Å². The molecular weight excluding hydrogens is 351 g/mol. The van der Waals surface area contributed by atoms with Crippen LogP contribution in [0.2, 0.25) is 0 Å². The normalized spacial score (nSPS) is 21.1. The molecule has 0 N–H and O–H groups in total. The fourth-order valence-electron chi connectivity index (χ4n) is 3.29. The van der Waals surface area contributed by atoms with Crippen LogP contribution >= 0.6 is 0 Å². The number of amides is 2. The van der Waals surface area contributed by atoms with Gasteiger partial charge in [0.2, 0.25) is 0 Å². The Hall–Kier alpha value is -3.29. The van der Waals surface area contributed by atoms with Crippen molar-refractivity contribution in [2.75, 3.05) is 11.5 Å². The van der Waals surface area contributed by atoms with Crippen LogP contribution in [0.25, 0.3) is 0 Å². The minimum absolute atomic E-state index is 0.193. The second-order valence-corrected chi connectivity index (χ2v) is 6.26. The van der Waals surface area contributed by atoms with Gasteiger partial charge in [-0.25, -0.2) is 9.29 Å². The number of halogens is 1. The van der Waals surface area contributed by atoms with E-state index >= 15 is 0 Å². The molecule has 0 aromatic heterocycles. The van der Waals surface area contributed by atoms with Gasteiger partial charge in [0.05, 0.1) is 18.8 Å². The number of rotatable bonds is 5. The van der Waals surface area contributed by atoms with Crippen molar-refractivity contribution in [1.29, 1.82) is 0 Å². The first-order valence-electron chi connectivity index (χ1n) is 8.61. The molecule has 2 aromatic carbocycles. The van der Waals surface area contributed by atoms with Crippen LogP contribution in [0.5, 0.6) is 5.75 Å². The van der Waals surface area contributed by atoms with Crippen molar-refractivity contribution >= 4 is 17.5 Å². The van der Waals surface area contributed by atoms with Gasteiger partial charge in [-0.15, -0.1) is 0 Å². The van der Waals surface area contributed by atoms with Crippen molar-refractivity contribution in [3.63, 3.8) is 0 Å². The zero-order valence-electron chi connectivity index (χ0n) is 14.6. The number of hydrogen-bond acceptors (Lipinski definition) is 6. The first-order chi connectivity index (χ1) is 13.1. The molecule has 7 nitrogen and oxygen atoms in total. The zero-order valence-corrected chi connectivity index (χ0v) is 14.6. The number of fused-ring (bicyclic) bond motifs is 1. The predicted octanol–water partition coefficient (Wildman–Crippen LogP) is 2.72. The molecule has 0 radical (unpaired) electrons. The summed E-state index contributed by atoms with van der Waals surface area (Å²) < 4.78 is 18.8. The van der Waals surface area contributed by atoms with E-state index < -0.39 is 23.9 Å². The van der Waals surface area contributed by atoms with Crippen LogP contribution in [0.1, 0.15) is 12.5 Å². The van der Waals surface area contributed by atoms with Gasteiger partial charge in [0, 0.05) is 0 Å². The lowest BCUT2D eigenvalue weighted by atomic mass is 10.1. The Morgan fingerprint density at radius 2 is 1.89 bits per heavy atom. The van der Waals surface area contributed by atoms with E-state index in [1.165, 1.54) is 17.1 Å². The van der Waals surface area contributed by atoms with Gasteiger partial charge in [-0.3, -0.25) is 14.6 Å². The van der Waals surface area contributed by atoms with Crippen LogP contribution in [0, 0.1) is 5.82 Å². The molecule has 2 amide bonds. The Morgan fingerprint density at radius 1 is 1.11 bits per heavy atom. The van der Waals surface area contributed by atoms with Gasteiger partial charge in [-0.2, -0.15) is 5.11 Å². The quantitative estimate of drug-likeness (QED) is 0.761. The summed E-state index contributed by atoms with van der Waals surface area (Å²) in [6.07, 6.45) is 0. The third-order valence-corrected chi connectivity index (χ3v) is 4.50. The van der Waals surface area contributed by atoms with Gasteiger partial charge in [0.1, 0.15) is 11.6 Å². The second kappa shape index (κ2) is 6.79. The van der Waals surface area contributed by atoms with E-state index in [0.29, 0.717) is 23.6 Å². The number of ether oxygens (including phenoxy) is 1. The molecule has 27 heavy (non-hydrogen) atoms. The molecule has 2 aliphatic heterocycles. The van der Waals surface area contributed by atoms with Crippen molar-refractivity contribution in [2.24, 2.45) is 10.3 Å². The highest BCUT2D eigenvalue weighted by Gasteiger charge is 2.54. The molecule has 0 bridgehead atoms. The van der Waals surface area contributed by atoms with Gasteiger partial charge >= 0.3 is 0 Å². The van der Waals surface area contributed by atoms with Gasteiger partial charge in [0.15, 0.2) is 12.1 Å². The smallest absolute Gasteiger partial charge is 0.263 e. The fourth-order valence-corrected chi connectivity index (χ4v) is 3.29. The average molecular weight is 368 g/mol. The molecule has 2 heterocycles. The molecule has 1 saturated heterocycles. The largest absolute Gasteiger partial charge is 0.494 e. The minimum atomic E-state index is -0.877. The standard InChI is InChI=1S/C19H17FN4O3/c1-2-27-15-8-6-14(7-9-15)24-18(25)16-17(19(24)26)23(22-21-16)11-12-4-3-5-13(20)10-12/h3-10,16-17H,2,11H2,1H3/t16-,17+/m1/s1. The summed E-state index contributed by atoms with van der Waals surface area (Å²) in [7, 11) is 0. The average Bonchev–Trinajstić information content (AvgIpc) is 3.17. The van der Waals surface area contributed by atoms with E-state index in [-0.39, 0.29) is 12.4 Å². The first-order valence-corrected chi connectivity index (χ1v) is 8.61. The Labute approximate surface area is 155 Å². The van der Waals surface area contributed by atoms with Crippen LogP contribution in [-0.2, 0) is 16.1 Å². The molecule has 0 saturated carbocycles. The van der Waals surface area contributed by atoms with Crippen molar-refractivity contribution in [3.8, 4) is 5.75 Å². The van der Waals surface area contributed by atoms with Crippen LogP contribution in [0.4, 0.5) is 10.1 Å². The number of carbonyl (C=O) groups excluding carboxylic acids is 2. The number of anilines is 1. The van der Waals surface area contributed by atoms with Crippen LogP contribution in [0.15, 0.2) is 58.9 Å². The summed E-state index contributed by atoms with van der Waals surface area (Å²) in [6, 6.07) is 11.1. The lowest BCUT2D eigenvalue weighted by Crippen LogP contribution is -2.39. The monoisotopic (exact) mass is 368 g/mol. The van der Waals surface area contributed by atoms with Gasteiger partial charge in [-0.05, 0) is 48.9 Å². The van der Waals surface area contributed by atoms with Gasteiger partial charge < -0.3 is 4.74 Å². The molecule has 1 fully saturated rings. The Kier molecular flexibility index (Phi) is 4.31. The van der Waals surface area contributed by atoms with Gasteiger partial charge in [0.25, 0.3) is 11.8 Å². The highest BCUT2D eigenvalue weighted by Crippen LogP contribution is 2.33. The van der Waals surface area contributed by atoms with Crippen molar-refractivity contribution in [2.45, 2.75) is 25.6 Å². The van der Waals surface area contributed by atoms with E-state index in [1.54, 1.807) is 36.4 Å². The minimum Gasteiger partial charge on any atom is -0.494 e. The molecule has 8 heteroatoms. The van der Waals surface area contributed by atoms with E-state index in [2.05, 4.69) is 10.3 Å². The summed E-state index contributed by atoms with van der Waals surface area (Å²) in [4.78, 5) is 26.7. The van der Waals surface area contributed by atoms with Crippen molar-refractivity contribution in [3.05, 3.63) is 59.9 Å². The maximum absolute atomic E-state index is 13.4. The van der Waals surface area contributed by atoms with Gasteiger partial charge in [-0.1, -0.05) is 17.4 Å². The topological polar surface area (TPSA) is 74.6 Å². The Balaban J connectivity index is 1.56. The van der Waals surface area contributed by atoms with E-state index in [4.69, 9.17) is 4.74 Å². The first kappa shape index (κ1) is 17.1. The molecule has 2 atom stereocenters. The highest BCUT2D eigenvalue weighted by atomic mass is 19.1. The number of nitrogens with zero attached hydrogens (tertiary/aromatic N) is 4. The number of benzene rings is 2. The molecule has 138 valence electrons. The summed E-state index contributed by atoms with van der Waals surface area (Å²) in [5, 5.41) is 9.37. The second-order valence-electron chi connectivity index (χ2n) is 6.26. The third-order valence-electron chi connectivity index (χ3n) is 4.50. The fraction of sp³-hybridized carbons (Fsp3) is 0.263. The summed E-state index contributed by atoms with van der Waals surface area (Å²) in [5.41, 5.74) is 1.11. The summed E-state index contributed by atoms with van der Waals surface area (Å²) in [6.45, 7) is 2.60. The number of imide groups is 1. The molecule has 2 aliphatic rings. The number of carbonyl (C=O) groups is 2. The lowest BCUT2D eigenvalue weighted by molar-refractivity contribution is -0.123. The zero-order chi connectivity index (χ0) is 19.0. The SMILES string of the molecule is CCOc1ccc(N2C(=O)[C@@H]3[C@@H](N=NN3Cc3cccc(F)c3)C2=O)cc1. The Bertz CT molecular complexity index is 915. The molecule has 0 spiro atoms. The summed E-state index contributed by atoms with van der Waals surface area (Å²) >= 11 is 0. The molecular formula is C19H17FN4O3. The molecule has 4 rings (SSSR count). The Morgan fingerprint density at radius 3 is 2.59 bits per heavy atom. The molecule has 2 aromatic rings. The number of hydrogen-bond donors (Lipinski definition) is 0. The van der Waals surface area contributed by atoms with Crippen LogP contribution in [0.3, 0.4) is 0 Å². The van der Waals surface area contributed by atoms with Crippen LogP contribution < -0.4 is 9.64 Å².